The first-order chi connectivity index (χ1) is 11.9. The molecular formula is C22H30NOP. The molecule has 0 amide bonds. The number of para-hydroxylation sites is 1. The maximum absolute atomic E-state index is 10.9. The molecule has 0 radical (unpaired) electrons. The minimum atomic E-state index is -0.0538. The van der Waals surface area contributed by atoms with E-state index in [1.807, 2.05) is 0 Å². The first-order valence-electron chi connectivity index (χ1n) is 9.31. The van der Waals surface area contributed by atoms with Crippen molar-refractivity contribution in [1.29, 1.82) is 0 Å². The number of hydrogen-bond donors (Lipinski definition) is 1. The summed E-state index contributed by atoms with van der Waals surface area (Å²) in [6, 6.07) is 13.0. The maximum atomic E-state index is 10.9. The zero-order chi connectivity index (χ0) is 18.0. The number of benzene rings is 2. The van der Waals surface area contributed by atoms with Gasteiger partial charge in [0.1, 0.15) is 5.75 Å². The second kappa shape index (κ2) is 7.38. The highest BCUT2D eigenvalue weighted by Gasteiger charge is 2.22. The van der Waals surface area contributed by atoms with E-state index in [1.165, 1.54) is 35.8 Å². The second-order valence-electron chi connectivity index (χ2n) is 8.15. The number of phenols is 1. The Morgan fingerprint density at radius 3 is 2.32 bits per heavy atom. The highest BCUT2D eigenvalue weighted by molar-refractivity contribution is 7.56. The molecule has 1 atom stereocenters. The van der Waals surface area contributed by atoms with Crippen molar-refractivity contribution in [2.45, 2.75) is 52.4 Å². The Kier molecular flexibility index (Phi) is 5.39. The van der Waals surface area contributed by atoms with Crippen LogP contribution < -0.4 is 15.5 Å². The summed E-state index contributed by atoms with van der Waals surface area (Å²) in [6.07, 6.45) is 3.90. The van der Waals surface area contributed by atoms with Crippen LogP contribution in [0.4, 0.5) is 5.69 Å². The van der Waals surface area contributed by atoms with Crippen molar-refractivity contribution in [3.8, 4) is 5.75 Å². The van der Waals surface area contributed by atoms with Gasteiger partial charge in [-0.05, 0) is 49.3 Å². The largest absolute Gasteiger partial charge is 0.507 e. The minimum absolute atomic E-state index is 0.0538. The van der Waals surface area contributed by atoms with Gasteiger partial charge in [-0.1, -0.05) is 53.6 Å². The molecule has 1 heterocycles. The predicted molar refractivity (Wildman–Crippen MR) is 112 cm³/mol. The van der Waals surface area contributed by atoms with E-state index in [-0.39, 0.29) is 5.41 Å². The minimum Gasteiger partial charge on any atom is -0.507 e. The highest BCUT2D eigenvalue weighted by Crippen LogP contribution is 2.34. The molecule has 134 valence electrons. The first-order valence-corrected chi connectivity index (χ1v) is 10.3. The van der Waals surface area contributed by atoms with Gasteiger partial charge in [-0.3, -0.25) is 0 Å². The van der Waals surface area contributed by atoms with E-state index >= 15 is 0 Å². The molecule has 0 bridgehead atoms. The van der Waals surface area contributed by atoms with E-state index in [4.69, 9.17) is 0 Å². The molecule has 0 aromatic heterocycles. The molecule has 3 heteroatoms. The summed E-state index contributed by atoms with van der Waals surface area (Å²) in [7, 11) is 0.479. The van der Waals surface area contributed by atoms with Gasteiger partial charge in [0, 0.05) is 34.9 Å². The Hall–Kier alpha value is -1.53. The van der Waals surface area contributed by atoms with Crippen molar-refractivity contribution in [2.24, 2.45) is 0 Å². The SMILES string of the molecule is Cc1cc(Pc2ccccc2N2CCCCC2)c(O)c(C(C)(C)C)c1. The molecule has 1 aliphatic heterocycles. The van der Waals surface area contributed by atoms with E-state index in [1.54, 1.807) is 0 Å². The van der Waals surface area contributed by atoms with Gasteiger partial charge in [-0.15, -0.1) is 0 Å². The molecule has 0 aliphatic carbocycles. The fraction of sp³-hybridized carbons (Fsp3) is 0.455. The number of nitrogens with zero attached hydrogens (tertiary/aromatic N) is 1. The molecule has 1 saturated heterocycles. The number of anilines is 1. The van der Waals surface area contributed by atoms with Gasteiger partial charge >= 0.3 is 0 Å². The molecule has 2 nitrogen and oxygen atoms in total. The van der Waals surface area contributed by atoms with Crippen LogP contribution in [0.5, 0.6) is 5.75 Å². The lowest BCUT2D eigenvalue weighted by molar-refractivity contribution is 0.450. The van der Waals surface area contributed by atoms with Crippen molar-refractivity contribution in [3.63, 3.8) is 0 Å². The maximum Gasteiger partial charge on any atom is 0.127 e. The molecule has 2 aromatic carbocycles. The molecule has 1 unspecified atom stereocenters. The Morgan fingerprint density at radius 2 is 1.64 bits per heavy atom. The summed E-state index contributed by atoms with van der Waals surface area (Å²) in [5.74, 6) is 0.477. The summed E-state index contributed by atoms with van der Waals surface area (Å²) in [5.41, 5.74) is 3.56. The quantitative estimate of drug-likeness (QED) is 0.812. The van der Waals surface area contributed by atoms with Gasteiger partial charge in [0.15, 0.2) is 0 Å². The van der Waals surface area contributed by atoms with E-state index in [9.17, 15) is 5.11 Å². The Morgan fingerprint density at radius 1 is 0.960 bits per heavy atom. The van der Waals surface area contributed by atoms with Crippen LogP contribution in [-0.2, 0) is 5.41 Å². The zero-order valence-corrected chi connectivity index (χ0v) is 16.9. The molecule has 0 spiro atoms. The van der Waals surface area contributed by atoms with Gasteiger partial charge in [-0.25, -0.2) is 0 Å². The molecule has 1 aliphatic rings. The number of piperidine rings is 1. The van der Waals surface area contributed by atoms with Gasteiger partial charge < -0.3 is 10.0 Å². The van der Waals surface area contributed by atoms with Crippen LogP contribution in [0.15, 0.2) is 36.4 Å². The third kappa shape index (κ3) is 4.18. The lowest BCUT2D eigenvalue weighted by Crippen LogP contribution is -2.32. The number of aromatic hydroxyl groups is 1. The van der Waals surface area contributed by atoms with Crippen molar-refractivity contribution < 1.29 is 5.11 Å². The summed E-state index contributed by atoms with van der Waals surface area (Å²) in [4.78, 5) is 2.52. The standard InChI is InChI=1S/C22H30NOP/c1-16-14-17(22(2,3)4)21(24)20(15-16)25-19-11-7-6-10-18(19)23-12-8-5-9-13-23/h6-7,10-11,14-15,24-25H,5,8-9,12-13H2,1-4H3. The molecule has 1 N–H and O–H groups in total. The van der Waals surface area contributed by atoms with Crippen LogP contribution in [0.2, 0.25) is 0 Å². The number of phenolic OH excluding ortho intramolecular Hbond substituents is 1. The van der Waals surface area contributed by atoms with Crippen LogP contribution in [0.3, 0.4) is 0 Å². The van der Waals surface area contributed by atoms with E-state index < -0.39 is 0 Å². The summed E-state index contributed by atoms with van der Waals surface area (Å²) in [5, 5.41) is 13.3. The Labute approximate surface area is 154 Å². The van der Waals surface area contributed by atoms with Gasteiger partial charge in [0.05, 0.1) is 0 Å². The average molecular weight is 355 g/mol. The van der Waals surface area contributed by atoms with Crippen molar-refractivity contribution in [3.05, 3.63) is 47.5 Å². The molecular weight excluding hydrogens is 325 g/mol. The van der Waals surface area contributed by atoms with Gasteiger partial charge in [0.2, 0.25) is 0 Å². The molecule has 25 heavy (non-hydrogen) atoms. The fourth-order valence-corrected chi connectivity index (χ4v) is 4.97. The van der Waals surface area contributed by atoms with E-state index in [2.05, 4.69) is 69.0 Å². The summed E-state index contributed by atoms with van der Waals surface area (Å²) < 4.78 is 0. The lowest BCUT2D eigenvalue weighted by atomic mass is 9.85. The Balaban J connectivity index is 1.97. The topological polar surface area (TPSA) is 23.5 Å². The van der Waals surface area contributed by atoms with Crippen molar-refractivity contribution in [2.75, 3.05) is 18.0 Å². The van der Waals surface area contributed by atoms with Crippen LogP contribution in [-0.4, -0.2) is 18.2 Å². The smallest absolute Gasteiger partial charge is 0.127 e. The molecule has 0 saturated carbocycles. The van der Waals surface area contributed by atoms with E-state index in [0.29, 0.717) is 14.3 Å². The third-order valence-electron chi connectivity index (χ3n) is 4.93. The number of aryl methyl sites for hydroxylation is 1. The molecule has 1 fully saturated rings. The summed E-state index contributed by atoms with van der Waals surface area (Å²) in [6.45, 7) is 10.9. The van der Waals surface area contributed by atoms with Crippen LogP contribution in [0.1, 0.15) is 51.2 Å². The average Bonchev–Trinajstić information content (AvgIpc) is 2.58. The monoisotopic (exact) mass is 355 g/mol. The van der Waals surface area contributed by atoms with Gasteiger partial charge in [0.25, 0.3) is 0 Å². The number of hydrogen-bond acceptors (Lipinski definition) is 2. The normalized spacial score (nSPS) is 15.9. The molecule has 2 aromatic rings. The number of rotatable bonds is 3. The van der Waals surface area contributed by atoms with Crippen molar-refractivity contribution in [1.82, 2.24) is 0 Å². The third-order valence-corrected chi connectivity index (χ3v) is 6.28. The first kappa shape index (κ1) is 18.3. The predicted octanol–water partition coefficient (Wildman–Crippen LogP) is 4.62. The van der Waals surface area contributed by atoms with Crippen LogP contribution >= 0.6 is 8.58 Å². The summed E-state index contributed by atoms with van der Waals surface area (Å²) >= 11 is 0. The Bertz CT molecular complexity index is 742. The zero-order valence-electron chi connectivity index (χ0n) is 15.9. The van der Waals surface area contributed by atoms with Crippen molar-refractivity contribution >= 4 is 24.9 Å². The highest BCUT2D eigenvalue weighted by atomic mass is 31.1. The molecule has 3 rings (SSSR count). The van der Waals surface area contributed by atoms with Crippen LogP contribution in [0, 0.1) is 6.92 Å². The second-order valence-corrected chi connectivity index (χ2v) is 9.48. The lowest BCUT2D eigenvalue weighted by Gasteiger charge is -2.31. The fourth-order valence-electron chi connectivity index (χ4n) is 3.58. The van der Waals surface area contributed by atoms with E-state index in [0.717, 1.165) is 24.0 Å². The van der Waals surface area contributed by atoms with Gasteiger partial charge in [-0.2, -0.15) is 0 Å². The van der Waals surface area contributed by atoms with Crippen LogP contribution in [0.25, 0.3) is 0 Å².